The summed E-state index contributed by atoms with van der Waals surface area (Å²) in [6.45, 7) is 0.923. The summed E-state index contributed by atoms with van der Waals surface area (Å²) in [4.78, 5) is 21.0. The number of carbonyl (C=O) groups excluding carboxylic acids is 1. The van der Waals surface area contributed by atoms with Gasteiger partial charge in [0.1, 0.15) is 11.5 Å². The number of nitrogens with one attached hydrogen (secondary N) is 1. The minimum Gasteiger partial charge on any atom is -0.346 e. The quantitative estimate of drug-likeness (QED) is 0.772. The lowest BCUT2D eigenvalue weighted by Gasteiger charge is -2.26. The maximum atomic E-state index is 12.5. The first-order chi connectivity index (χ1) is 13.1. The number of rotatable bonds is 6. The molecular formula is C19H22N4O3S. The van der Waals surface area contributed by atoms with Crippen molar-refractivity contribution in [3.8, 4) is 0 Å². The smallest absolute Gasteiger partial charge is 0.217 e. The van der Waals surface area contributed by atoms with Crippen molar-refractivity contribution in [1.29, 1.82) is 0 Å². The molecule has 3 heterocycles. The Balaban J connectivity index is 1.50. The second-order valence-electron chi connectivity index (χ2n) is 7.59. The lowest BCUT2D eigenvalue weighted by molar-refractivity contribution is -0.107. The zero-order chi connectivity index (χ0) is 18.6. The van der Waals surface area contributed by atoms with Crippen LogP contribution in [0.4, 0.5) is 5.82 Å². The zero-order valence-corrected chi connectivity index (χ0v) is 15.8. The molecule has 2 aromatic rings. The summed E-state index contributed by atoms with van der Waals surface area (Å²) in [7, 11) is -3.14. The second-order valence-corrected chi connectivity index (χ2v) is 9.81. The van der Waals surface area contributed by atoms with Gasteiger partial charge in [-0.05, 0) is 55.4 Å². The molecule has 3 aliphatic rings. The maximum Gasteiger partial charge on any atom is 0.217 e. The molecule has 142 valence electrons. The summed E-state index contributed by atoms with van der Waals surface area (Å²) >= 11 is 0. The van der Waals surface area contributed by atoms with E-state index in [4.69, 9.17) is 0 Å². The fourth-order valence-electron chi connectivity index (χ4n) is 3.80. The second kappa shape index (κ2) is 6.17. The molecule has 2 aromatic heterocycles. The van der Waals surface area contributed by atoms with Crippen LogP contribution < -0.4 is 4.90 Å². The SMILES string of the molecule is O=CN(c1cc(C2=CCN(S(=O)(=O)C3CC3)CC2)c2cc[nH]c2n1)C1CC1. The van der Waals surface area contributed by atoms with E-state index in [0.29, 0.717) is 25.3 Å². The number of anilines is 1. The molecule has 0 saturated heterocycles. The van der Waals surface area contributed by atoms with Crippen molar-refractivity contribution in [2.75, 3.05) is 18.0 Å². The first-order valence-corrected chi connectivity index (χ1v) is 11.0. The van der Waals surface area contributed by atoms with Crippen LogP contribution in [0.15, 0.2) is 24.4 Å². The molecule has 2 saturated carbocycles. The molecule has 0 spiro atoms. The Morgan fingerprint density at radius 2 is 2.07 bits per heavy atom. The number of aromatic nitrogens is 2. The van der Waals surface area contributed by atoms with Gasteiger partial charge in [0, 0.05) is 30.7 Å². The number of nitrogens with zero attached hydrogens (tertiary/aromatic N) is 3. The van der Waals surface area contributed by atoms with Crippen LogP contribution >= 0.6 is 0 Å². The van der Waals surface area contributed by atoms with Crippen LogP contribution in [0.25, 0.3) is 16.6 Å². The van der Waals surface area contributed by atoms with Gasteiger partial charge in [0.2, 0.25) is 16.4 Å². The fraction of sp³-hybridized carbons (Fsp3) is 0.474. The normalized spacial score (nSPS) is 21.3. The van der Waals surface area contributed by atoms with Crippen molar-refractivity contribution in [3.05, 3.63) is 30.0 Å². The highest BCUT2D eigenvalue weighted by molar-refractivity contribution is 7.90. The number of hydrogen-bond donors (Lipinski definition) is 1. The van der Waals surface area contributed by atoms with E-state index in [1.54, 1.807) is 9.21 Å². The minimum atomic E-state index is -3.14. The Morgan fingerprint density at radius 3 is 2.70 bits per heavy atom. The summed E-state index contributed by atoms with van der Waals surface area (Å²) in [6.07, 6.45) is 8.98. The molecule has 1 aliphatic heterocycles. The molecule has 0 radical (unpaired) electrons. The monoisotopic (exact) mass is 386 g/mol. The van der Waals surface area contributed by atoms with Crippen LogP contribution in [0.3, 0.4) is 0 Å². The molecule has 27 heavy (non-hydrogen) atoms. The molecule has 1 N–H and O–H groups in total. The van der Waals surface area contributed by atoms with Crippen molar-refractivity contribution in [2.45, 2.75) is 43.4 Å². The molecule has 2 fully saturated rings. The number of fused-ring (bicyclic) bond motifs is 1. The van der Waals surface area contributed by atoms with Gasteiger partial charge in [-0.25, -0.2) is 13.4 Å². The van der Waals surface area contributed by atoms with Gasteiger partial charge < -0.3 is 4.98 Å². The Kier molecular flexibility index (Phi) is 3.87. The third-order valence-electron chi connectivity index (χ3n) is 5.66. The number of carbonyl (C=O) groups is 1. The van der Waals surface area contributed by atoms with Crippen molar-refractivity contribution in [3.63, 3.8) is 0 Å². The third kappa shape index (κ3) is 2.96. The predicted molar refractivity (Wildman–Crippen MR) is 104 cm³/mol. The molecule has 0 bridgehead atoms. The van der Waals surface area contributed by atoms with Crippen LogP contribution in [0.2, 0.25) is 0 Å². The Hall–Kier alpha value is -2.19. The molecular weight excluding hydrogens is 364 g/mol. The van der Waals surface area contributed by atoms with Gasteiger partial charge in [-0.15, -0.1) is 0 Å². The van der Waals surface area contributed by atoms with E-state index in [9.17, 15) is 13.2 Å². The summed E-state index contributed by atoms with van der Waals surface area (Å²) in [5, 5.41) is 0.834. The van der Waals surface area contributed by atoms with Crippen LogP contribution in [-0.2, 0) is 14.8 Å². The molecule has 5 rings (SSSR count). The highest BCUT2D eigenvalue weighted by Crippen LogP contribution is 2.37. The van der Waals surface area contributed by atoms with Crippen molar-refractivity contribution in [1.82, 2.24) is 14.3 Å². The van der Waals surface area contributed by atoms with Crippen LogP contribution in [0, 0.1) is 0 Å². The van der Waals surface area contributed by atoms with E-state index in [0.717, 1.165) is 54.3 Å². The fourth-order valence-corrected chi connectivity index (χ4v) is 5.59. The standard InChI is InChI=1S/C19H22N4O3S/c24-12-23(14-1-2-14)18-11-17(16-5-8-20-19(16)21-18)13-6-9-22(10-7-13)27(25,26)15-3-4-15/h5-6,8,11-12,14-15H,1-4,7,9-10H2,(H,20,21). The van der Waals surface area contributed by atoms with Crippen molar-refractivity contribution < 1.29 is 13.2 Å². The largest absolute Gasteiger partial charge is 0.346 e. The Morgan fingerprint density at radius 1 is 1.26 bits per heavy atom. The first kappa shape index (κ1) is 16.9. The Bertz CT molecular complexity index is 1030. The van der Waals surface area contributed by atoms with E-state index in [1.807, 2.05) is 24.4 Å². The average Bonchev–Trinajstić information content (AvgIpc) is 3.60. The van der Waals surface area contributed by atoms with Crippen molar-refractivity contribution >= 4 is 38.9 Å². The maximum absolute atomic E-state index is 12.5. The van der Waals surface area contributed by atoms with Gasteiger partial charge in [-0.3, -0.25) is 9.69 Å². The van der Waals surface area contributed by atoms with Crippen LogP contribution in [0.1, 0.15) is 37.7 Å². The topological polar surface area (TPSA) is 86.4 Å². The number of amides is 1. The summed E-state index contributed by atoms with van der Waals surface area (Å²) in [5.41, 5.74) is 2.91. The van der Waals surface area contributed by atoms with E-state index in [1.165, 1.54) is 0 Å². The number of sulfonamides is 1. The zero-order valence-electron chi connectivity index (χ0n) is 15.0. The Labute approximate surface area is 158 Å². The average molecular weight is 386 g/mol. The molecule has 1 amide bonds. The van der Waals surface area contributed by atoms with Gasteiger partial charge in [0.25, 0.3) is 0 Å². The van der Waals surface area contributed by atoms with Crippen molar-refractivity contribution in [2.24, 2.45) is 0 Å². The molecule has 0 atom stereocenters. The lowest BCUT2D eigenvalue weighted by Crippen LogP contribution is -2.36. The van der Waals surface area contributed by atoms with Gasteiger partial charge in [-0.1, -0.05) is 6.08 Å². The van der Waals surface area contributed by atoms with E-state index in [-0.39, 0.29) is 11.3 Å². The van der Waals surface area contributed by atoms with Gasteiger partial charge in [-0.2, -0.15) is 4.31 Å². The summed E-state index contributed by atoms with van der Waals surface area (Å²) in [5.74, 6) is 0.659. The summed E-state index contributed by atoms with van der Waals surface area (Å²) < 4.78 is 26.5. The lowest BCUT2D eigenvalue weighted by atomic mass is 9.98. The van der Waals surface area contributed by atoms with E-state index in [2.05, 4.69) is 9.97 Å². The number of hydrogen-bond acceptors (Lipinski definition) is 4. The van der Waals surface area contributed by atoms with Gasteiger partial charge in [0.05, 0.1) is 5.25 Å². The first-order valence-electron chi connectivity index (χ1n) is 9.48. The highest BCUT2D eigenvalue weighted by atomic mass is 32.2. The molecule has 2 aliphatic carbocycles. The minimum absolute atomic E-state index is 0.170. The highest BCUT2D eigenvalue weighted by Gasteiger charge is 2.40. The van der Waals surface area contributed by atoms with Gasteiger partial charge in [0.15, 0.2) is 0 Å². The third-order valence-corrected chi connectivity index (χ3v) is 8.02. The number of pyridine rings is 1. The van der Waals surface area contributed by atoms with Crippen LogP contribution in [0.5, 0.6) is 0 Å². The predicted octanol–water partition coefficient (Wildman–Crippen LogP) is 2.27. The van der Waals surface area contributed by atoms with E-state index >= 15 is 0 Å². The van der Waals surface area contributed by atoms with Crippen LogP contribution in [-0.4, -0.2) is 53.5 Å². The molecule has 0 unspecified atom stereocenters. The molecule has 0 aromatic carbocycles. The van der Waals surface area contributed by atoms with E-state index < -0.39 is 10.0 Å². The molecule has 7 nitrogen and oxygen atoms in total. The summed E-state index contributed by atoms with van der Waals surface area (Å²) in [6, 6.07) is 4.20. The molecule has 8 heteroatoms. The van der Waals surface area contributed by atoms with Gasteiger partial charge >= 0.3 is 0 Å². The number of H-pyrrole nitrogens is 1. The number of aromatic amines is 1.